The number of anilines is 2. The summed E-state index contributed by atoms with van der Waals surface area (Å²) in [6.45, 7) is 14.5. The van der Waals surface area contributed by atoms with Crippen LogP contribution in [0.5, 0.6) is 0 Å². The summed E-state index contributed by atoms with van der Waals surface area (Å²) in [6, 6.07) is 6.19. The average molecular weight is 345 g/mol. The summed E-state index contributed by atoms with van der Waals surface area (Å²) >= 11 is 0. The monoisotopic (exact) mass is 345 g/mol. The number of amides is 2. The molecule has 0 bridgehead atoms. The Morgan fingerprint density at radius 1 is 1.28 bits per heavy atom. The Labute approximate surface area is 151 Å². The van der Waals surface area contributed by atoms with Gasteiger partial charge < -0.3 is 15.1 Å². The number of rotatable bonds is 5. The van der Waals surface area contributed by atoms with E-state index in [1.54, 1.807) is 4.90 Å². The molecule has 0 saturated carbocycles. The first-order chi connectivity index (χ1) is 11.7. The molecule has 1 aromatic rings. The summed E-state index contributed by atoms with van der Waals surface area (Å²) in [5, 5.41) is 2.98. The standard InChI is InChI=1S/C20H31N3O2/c1-7-22(8-2)16-9-10-17(14(3)11-16)23-13-15(12-18(23)24)19(25)21-20(4,5)6/h9-11,15H,7-8,12-13H2,1-6H3,(H,21,25). The molecule has 5 nitrogen and oxygen atoms in total. The number of carbonyl (C=O) groups excluding carboxylic acids is 2. The van der Waals surface area contributed by atoms with Crippen LogP contribution in [0.15, 0.2) is 18.2 Å². The number of carbonyl (C=O) groups is 2. The van der Waals surface area contributed by atoms with Gasteiger partial charge in [-0.1, -0.05) is 0 Å². The lowest BCUT2D eigenvalue weighted by Crippen LogP contribution is -2.44. The third-order valence-corrected chi connectivity index (χ3v) is 4.59. The number of nitrogens with one attached hydrogen (secondary N) is 1. The maximum Gasteiger partial charge on any atom is 0.227 e. The van der Waals surface area contributed by atoms with Crippen LogP contribution in [0.25, 0.3) is 0 Å². The van der Waals surface area contributed by atoms with Crippen molar-refractivity contribution in [1.82, 2.24) is 5.32 Å². The Kier molecular flexibility index (Phi) is 5.76. The molecule has 1 heterocycles. The second-order valence-electron chi connectivity index (χ2n) is 7.79. The summed E-state index contributed by atoms with van der Waals surface area (Å²) < 4.78 is 0. The molecule has 2 rings (SSSR count). The first-order valence-corrected chi connectivity index (χ1v) is 9.14. The first kappa shape index (κ1) is 19.3. The van der Waals surface area contributed by atoms with Gasteiger partial charge in [-0.15, -0.1) is 0 Å². The molecule has 1 unspecified atom stereocenters. The van der Waals surface area contributed by atoms with Gasteiger partial charge in [0.05, 0.1) is 5.92 Å². The minimum Gasteiger partial charge on any atom is -0.372 e. The van der Waals surface area contributed by atoms with Gasteiger partial charge in [0.1, 0.15) is 0 Å². The summed E-state index contributed by atoms with van der Waals surface area (Å²) in [5.74, 6) is -0.304. The lowest BCUT2D eigenvalue weighted by Gasteiger charge is -2.25. The summed E-state index contributed by atoms with van der Waals surface area (Å²) in [6.07, 6.45) is 0.277. The quantitative estimate of drug-likeness (QED) is 0.892. The molecule has 0 spiro atoms. The van der Waals surface area contributed by atoms with E-state index in [9.17, 15) is 9.59 Å². The molecule has 1 atom stereocenters. The van der Waals surface area contributed by atoms with Crippen LogP contribution in [0.2, 0.25) is 0 Å². The van der Waals surface area contributed by atoms with Crippen molar-refractivity contribution in [1.29, 1.82) is 0 Å². The molecule has 1 aliphatic heterocycles. The highest BCUT2D eigenvalue weighted by Crippen LogP contribution is 2.31. The molecule has 0 aromatic heterocycles. The van der Waals surface area contributed by atoms with Crippen LogP contribution in [0.3, 0.4) is 0 Å². The van der Waals surface area contributed by atoms with E-state index < -0.39 is 0 Å². The third-order valence-electron chi connectivity index (χ3n) is 4.59. The van der Waals surface area contributed by atoms with E-state index in [-0.39, 0.29) is 29.7 Å². The molecular formula is C20H31N3O2. The average Bonchev–Trinajstić information content (AvgIpc) is 2.89. The summed E-state index contributed by atoms with van der Waals surface area (Å²) in [4.78, 5) is 28.9. The molecule has 2 amide bonds. The smallest absolute Gasteiger partial charge is 0.227 e. The fraction of sp³-hybridized carbons (Fsp3) is 0.600. The number of aryl methyl sites for hydroxylation is 1. The second kappa shape index (κ2) is 7.46. The first-order valence-electron chi connectivity index (χ1n) is 9.14. The van der Waals surface area contributed by atoms with Crippen LogP contribution in [-0.2, 0) is 9.59 Å². The molecule has 138 valence electrons. The molecular weight excluding hydrogens is 314 g/mol. The molecule has 0 aliphatic carbocycles. The predicted molar refractivity (Wildman–Crippen MR) is 103 cm³/mol. The maximum atomic E-state index is 12.5. The van der Waals surface area contributed by atoms with E-state index in [0.29, 0.717) is 6.54 Å². The highest BCUT2D eigenvalue weighted by atomic mass is 16.2. The Balaban J connectivity index is 2.17. The van der Waals surface area contributed by atoms with Gasteiger partial charge in [-0.3, -0.25) is 9.59 Å². The maximum absolute atomic E-state index is 12.5. The minimum absolute atomic E-state index is 0.0211. The molecule has 1 aliphatic rings. The fourth-order valence-corrected chi connectivity index (χ4v) is 3.32. The minimum atomic E-state index is -0.284. The Bertz CT molecular complexity index is 645. The Hall–Kier alpha value is -2.04. The van der Waals surface area contributed by atoms with E-state index in [2.05, 4.69) is 36.2 Å². The zero-order valence-electron chi connectivity index (χ0n) is 16.3. The van der Waals surface area contributed by atoms with E-state index >= 15 is 0 Å². The van der Waals surface area contributed by atoms with E-state index in [4.69, 9.17) is 0 Å². The van der Waals surface area contributed by atoms with Crippen LogP contribution in [0.1, 0.15) is 46.6 Å². The molecule has 0 radical (unpaired) electrons. The van der Waals surface area contributed by atoms with Crippen LogP contribution >= 0.6 is 0 Å². The van der Waals surface area contributed by atoms with Crippen molar-refractivity contribution in [2.45, 2.75) is 53.5 Å². The van der Waals surface area contributed by atoms with E-state index in [1.165, 1.54) is 5.69 Å². The number of benzene rings is 1. The number of hydrogen-bond donors (Lipinski definition) is 1. The SMILES string of the molecule is CCN(CC)c1ccc(N2CC(C(=O)NC(C)(C)C)CC2=O)c(C)c1. The van der Waals surface area contributed by atoms with Crippen molar-refractivity contribution in [2.75, 3.05) is 29.4 Å². The van der Waals surface area contributed by atoms with Crippen LogP contribution in [0, 0.1) is 12.8 Å². The fourth-order valence-electron chi connectivity index (χ4n) is 3.32. The van der Waals surface area contributed by atoms with Crippen LogP contribution in [-0.4, -0.2) is 37.0 Å². The molecule has 25 heavy (non-hydrogen) atoms. The van der Waals surface area contributed by atoms with E-state index in [0.717, 1.165) is 24.3 Å². The zero-order chi connectivity index (χ0) is 18.8. The van der Waals surface area contributed by atoms with Crippen LogP contribution in [0.4, 0.5) is 11.4 Å². The predicted octanol–water partition coefficient (Wildman–Crippen LogP) is 3.11. The van der Waals surface area contributed by atoms with Crippen molar-refractivity contribution in [3.05, 3.63) is 23.8 Å². The van der Waals surface area contributed by atoms with Crippen molar-refractivity contribution in [3.63, 3.8) is 0 Å². The highest BCUT2D eigenvalue weighted by molar-refractivity contribution is 6.01. The van der Waals surface area contributed by atoms with Gasteiger partial charge >= 0.3 is 0 Å². The summed E-state index contributed by atoms with van der Waals surface area (Å²) in [7, 11) is 0. The molecule has 1 saturated heterocycles. The largest absolute Gasteiger partial charge is 0.372 e. The van der Waals surface area contributed by atoms with Crippen molar-refractivity contribution in [2.24, 2.45) is 5.92 Å². The van der Waals surface area contributed by atoms with Gasteiger partial charge in [0.15, 0.2) is 0 Å². The normalized spacial score (nSPS) is 17.8. The third kappa shape index (κ3) is 4.53. The summed E-state index contributed by atoms with van der Waals surface area (Å²) in [5.41, 5.74) is 2.86. The van der Waals surface area contributed by atoms with Crippen LogP contribution < -0.4 is 15.1 Å². The van der Waals surface area contributed by atoms with Crippen molar-refractivity contribution >= 4 is 23.2 Å². The molecule has 1 N–H and O–H groups in total. The number of hydrogen-bond acceptors (Lipinski definition) is 3. The Morgan fingerprint density at radius 2 is 1.92 bits per heavy atom. The van der Waals surface area contributed by atoms with Gasteiger partial charge in [0.2, 0.25) is 11.8 Å². The van der Waals surface area contributed by atoms with Gasteiger partial charge in [0, 0.05) is 43.0 Å². The topological polar surface area (TPSA) is 52.6 Å². The lowest BCUT2D eigenvalue weighted by molar-refractivity contribution is -0.127. The molecule has 1 fully saturated rings. The van der Waals surface area contributed by atoms with Crippen molar-refractivity contribution < 1.29 is 9.59 Å². The van der Waals surface area contributed by atoms with Crippen molar-refractivity contribution in [3.8, 4) is 0 Å². The molecule has 1 aromatic carbocycles. The second-order valence-corrected chi connectivity index (χ2v) is 7.79. The van der Waals surface area contributed by atoms with Gasteiger partial charge in [-0.25, -0.2) is 0 Å². The number of nitrogens with zero attached hydrogens (tertiary/aromatic N) is 2. The van der Waals surface area contributed by atoms with Gasteiger partial charge in [-0.2, -0.15) is 0 Å². The van der Waals surface area contributed by atoms with E-state index in [1.807, 2.05) is 33.8 Å². The van der Waals surface area contributed by atoms with Gasteiger partial charge in [-0.05, 0) is 65.3 Å². The lowest BCUT2D eigenvalue weighted by atomic mass is 10.0. The molecule has 5 heteroatoms. The zero-order valence-corrected chi connectivity index (χ0v) is 16.3. The van der Waals surface area contributed by atoms with Gasteiger partial charge in [0.25, 0.3) is 0 Å². The highest BCUT2D eigenvalue weighted by Gasteiger charge is 2.36. The Morgan fingerprint density at radius 3 is 2.44 bits per heavy atom.